The van der Waals surface area contributed by atoms with E-state index < -0.39 is 10.8 Å². The Bertz CT molecular complexity index is 899. The van der Waals surface area contributed by atoms with Crippen molar-refractivity contribution in [3.63, 3.8) is 0 Å². The van der Waals surface area contributed by atoms with Gasteiger partial charge in [0.2, 0.25) is 0 Å². The fraction of sp³-hybridized carbons (Fsp3) is 0.235. The van der Waals surface area contributed by atoms with Gasteiger partial charge in [-0.25, -0.2) is 0 Å². The van der Waals surface area contributed by atoms with Gasteiger partial charge in [0.05, 0.1) is 23.8 Å². The van der Waals surface area contributed by atoms with Crippen molar-refractivity contribution in [1.29, 1.82) is 0 Å². The van der Waals surface area contributed by atoms with E-state index in [-0.39, 0.29) is 29.4 Å². The molecule has 8 nitrogen and oxygen atoms in total. The fourth-order valence-corrected chi connectivity index (χ4v) is 2.68. The molecule has 1 amide bonds. The normalized spacial score (nSPS) is 12.4. The van der Waals surface area contributed by atoms with Gasteiger partial charge in [0.1, 0.15) is 24.5 Å². The van der Waals surface area contributed by atoms with Gasteiger partial charge in [-0.3, -0.25) is 14.9 Å². The minimum Gasteiger partial charge on any atom is -0.495 e. The van der Waals surface area contributed by atoms with Gasteiger partial charge >= 0.3 is 0 Å². The van der Waals surface area contributed by atoms with Crippen molar-refractivity contribution < 1.29 is 23.9 Å². The Morgan fingerprint density at radius 2 is 1.88 bits per heavy atom. The Morgan fingerprint density at radius 1 is 1.23 bits per heavy atom. The average Bonchev–Trinajstić information content (AvgIpc) is 2.63. The predicted octanol–water partition coefficient (Wildman–Crippen LogP) is 3.59. The maximum absolute atomic E-state index is 12.7. The number of nitrogens with zero attached hydrogens (tertiary/aromatic N) is 1. The molecule has 0 saturated heterocycles. The molecule has 26 heavy (non-hydrogen) atoms. The lowest BCUT2D eigenvalue weighted by molar-refractivity contribution is -0.385. The van der Waals surface area contributed by atoms with Crippen LogP contribution in [-0.2, 0) is 0 Å². The molecule has 136 valence electrons. The molecule has 9 heteroatoms. The number of nitro groups is 1. The Kier molecular flexibility index (Phi) is 4.85. The number of halogens is 1. The highest BCUT2D eigenvalue weighted by molar-refractivity contribution is 6.31. The second-order valence-corrected chi connectivity index (χ2v) is 5.93. The van der Waals surface area contributed by atoms with Crippen molar-refractivity contribution in [2.45, 2.75) is 6.92 Å². The molecule has 0 bridgehead atoms. The fourth-order valence-electron chi connectivity index (χ4n) is 2.53. The van der Waals surface area contributed by atoms with Gasteiger partial charge in [0.15, 0.2) is 11.5 Å². The highest BCUT2D eigenvalue weighted by atomic mass is 35.5. The molecule has 1 aliphatic rings. The number of carbonyl (C=O) groups is 1. The van der Waals surface area contributed by atoms with Crippen LogP contribution in [0.3, 0.4) is 0 Å². The van der Waals surface area contributed by atoms with Gasteiger partial charge in [-0.15, -0.1) is 0 Å². The number of ether oxygens (including phenoxy) is 3. The van der Waals surface area contributed by atoms with E-state index in [2.05, 4.69) is 5.32 Å². The van der Waals surface area contributed by atoms with Crippen LogP contribution < -0.4 is 19.5 Å². The number of amides is 1. The summed E-state index contributed by atoms with van der Waals surface area (Å²) in [6.45, 7) is 2.36. The second kappa shape index (κ2) is 7.09. The molecule has 0 radical (unpaired) electrons. The highest BCUT2D eigenvalue weighted by Crippen LogP contribution is 2.37. The zero-order valence-corrected chi connectivity index (χ0v) is 14.8. The minimum atomic E-state index is -0.673. The van der Waals surface area contributed by atoms with E-state index in [9.17, 15) is 14.9 Å². The first kappa shape index (κ1) is 17.8. The highest BCUT2D eigenvalue weighted by Gasteiger charge is 2.27. The number of rotatable bonds is 4. The Balaban J connectivity index is 2.00. The van der Waals surface area contributed by atoms with E-state index in [1.165, 1.54) is 19.2 Å². The summed E-state index contributed by atoms with van der Waals surface area (Å²) in [4.78, 5) is 23.4. The quantitative estimate of drug-likeness (QED) is 0.644. The van der Waals surface area contributed by atoms with Crippen molar-refractivity contribution in [2.75, 3.05) is 25.6 Å². The third-order valence-electron chi connectivity index (χ3n) is 3.83. The first-order chi connectivity index (χ1) is 12.4. The Labute approximate surface area is 153 Å². The summed E-state index contributed by atoms with van der Waals surface area (Å²) in [6.07, 6.45) is 0. The minimum absolute atomic E-state index is 0.145. The number of methoxy groups -OCH3 is 1. The molecule has 3 rings (SSSR count). The molecule has 0 saturated carbocycles. The van der Waals surface area contributed by atoms with Gasteiger partial charge in [0, 0.05) is 17.2 Å². The monoisotopic (exact) mass is 378 g/mol. The number of hydrogen-bond donors (Lipinski definition) is 1. The molecule has 1 heterocycles. The molecule has 0 spiro atoms. The molecule has 2 aromatic rings. The molecule has 1 N–H and O–H groups in total. The number of benzene rings is 2. The third-order valence-corrected chi connectivity index (χ3v) is 4.24. The van der Waals surface area contributed by atoms with E-state index in [1.807, 2.05) is 0 Å². The van der Waals surface area contributed by atoms with Crippen LogP contribution in [0.25, 0.3) is 0 Å². The van der Waals surface area contributed by atoms with Crippen LogP contribution in [0.15, 0.2) is 24.3 Å². The maximum Gasteiger partial charge on any atom is 0.286 e. The van der Waals surface area contributed by atoms with Crippen LogP contribution in [-0.4, -0.2) is 31.2 Å². The Morgan fingerprint density at radius 3 is 2.50 bits per heavy atom. The van der Waals surface area contributed by atoms with E-state index in [0.717, 1.165) is 5.56 Å². The third kappa shape index (κ3) is 3.36. The first-order valence-electron chi connectivity index (χ1n) is 7.64. The molecule has 0 atom stereocenters. The Hall–Kier alpha value is -3.00. The van der Waals surface area contributed by atoms with Crippen molar-refractivity contribution in [1.82, 2.24) is 0 Å². The molecule has 0 fully saturated rings. The van der Waals surface area contributed by atoms with Crippen LogP contribution in [0, 0.1) is 17.0 Å². The summed E-state index contributed by atoms with van der Waals surface area (Å²) in [6, 6.07) is 5.68. The van der Waals surface area contributed by atoms with Crippen LogP contribution in [0.4, 0.5) is 11.4 Å². The SMILES string of the molecule is COc1cc(Cl)c(C)cc1NC(=O)c1cc2c(cc1[N+](=O)[O-])OCCO2. The van der Waals surface area contributed by atoms with Gasteiger partial charge < -0.3 is 19.5 Å². The average molecular weight is 379 g/mol. The molecule has 1 aliphatic heterocycles. The molecule has 0 aliphatic carbocycles. The summed E-state index contributed by atoms with van der Waals surface area (Å²) in [5.41, 5.74) is 0.549. The van der Waals surface area contributed by atoms with Crippen LogP contribution >= 0.6 is 11.6 Å². The van der Waals surface area contributed by atoms with E-state index in [1.54, 1.807) is 19.1 Å². The van der Waals surface area contributed by atoms with E-state index >= 15 is 0 Å². The van der Waals surface area contributed by atoms with Crippen LogP contribution in [0.2, 0.25) is 5.02 Å². The topological polar surface area (TPSA) is 99.9 Å². The van der Waals surface area contributed by atoms with E-state index in [4.69, 9.17) is 25.8 Å². The predicted molar refractivity (Wildman–Crippen MR) is 94.8 cm³/mol. The van der Waals surface area contributed by atoms with Gasteiger partial charge in [-0.05, 0) is 18.6 Å². The molecule has 0 unspecified atom stereocenters. The van der Waals surface area contributed by atoms with Crippen molar-refractivity contribution in [2.24, 2.45) is 0 Å². The van der Waals surface area contributed by atoms with Crippen molar-refractivity contribution in [3.05, 3.63) is 50.5 Å². The molecule has 0 aromatic heterocycles. The summed E-state index contributed by atoms with van der Waals surface area (Å²) in [5, 5.41) is 14.5. The summed E-state index contributed by atoms with van der Waals surface area (Å²) in [7, 11) is 1.43. The molecular weight excluding hydrogens is 364 g/mol. The zero-order chi connectivity index (χ0) is 18.8. The number of hydrogen-bond acceptors (Lipinski definition) is 6. The number of nitrogens with one attached hydrogen (secondary N) is 1. The number of fused-ring (bicyclic) bond motifs is 1. The van der Waals surface area contributed by atoms with E-state index in [0.29, 0.717) is 23.1 Å². The van der Waals surface area contributed by atoms with Crippen LogP contribution in [0.1, 0.15) is 15.9 Å². The van der Waals surface area contributed by atoms with Gasteiger partial charge in [-0.1, -0.05) is 11.6 Å². The lowest BCUT2D eigenvalue weighted by Gasteiger charge is -2.19. The number of anilines is 1. The lowest BCUT2D eigenvalue weighted by atomic mass is 10.1. The molecule has 2 aromatic carbocycles. The summed E-state index contributed by atoms with van der Waals surface area (Å²) >= 11 is 6.05. The smallest absolute Gasteiger partial charge is 0.286 e. The number of nitro benzene ring substituents is 1. The van der Waals surface area contributed by atoms with Gasteiger partial charge in [0.25, 0.3) is 11.6 Å². The number of carbonyl (C=O) groups excluding carboxylic acids is 1. The van der Waals surface area contributed by atoms with Gasteiger partial charge in [-0.2, -0.15) is 0 Å². The van der Waals surface area contributed by atoms with Crippen LogP contribution in [0.5, 0.6) is 17.2 Å². The maximum atomic E-state index is 12.7. The summed E-state index contributed by atoms with van der Waals surface area (Å²) < 4.78 is 16.0. The zero-order valence-electron chi connectivity index (χ0n) is 14.0. The number of aryl methyl sites for hydroxylation is 1. The summed E-state index contributed by atoms with van der Waals surface area (Å²) in [5.74, 6) is 0.188. The standard InChI is InChI=1S/C17H15ClN2O6/c1-9-5-12(14(24-2)7-11(9)18)19-17(21)10-6-15-16(26-4-3-25-15)8-13(10)20(22)23/h5-8H,3-4H2,1-2H3,(H,19,21). The lowest BCUT2D eigenvalue weighted by Crippen LogP contribution is -2.19. The van der Waals surface area contributed by atoms with Crippen molar-refractivity contribution in [3.8, 4) is 17.2 Å². The second-order valence-electron chi connectivity index (χ2n) is 5.53. The van der Waals surface area contributed by atoms with Crippen molar-refractivity contribution >= 4 is 28.9 Å². The largest absolute Gasteiger partial charge is 0.495 e. The molecular formula is C17H15ClN2O6. The first-order valence-corrected chi connectivity index (χ1v) is 8.02.